The Hall–Kier alpha value is -3.21. The van der Waals surface area contributed by atoms with E-state index in [9.17, 15) is 9.59 Å². The summed E-state index contributed by atoms with van der Waals surface area (Å²) in [7, 11) is 0. The molecule has 0 saturated carbocycles. The molecular weight excluding hydrogens is 388 g/mol. The van der Waals surface area contributed by atoms with Crippen LogP contribution < -0.4 is 5.32 Å². The standard InChI is InChI=1S/C26H28N2O3/c1-18(15-16-19-9-3-2-4-10-19)27-24(29)17-31-26(30)25-20-11-5-7-13-22(20)28-23-14-8-6-12-21(23)25/h2-5,7,9-11,13,18H,6,8,12,14-17H2,1H3,(H,27,29)/t18-/m0/s1. The van der Waals surface area contributed by atoms with Crippen LogP contribution in [0.2, 0.25) is 0 Å². The predicted molar refractivity (Wildman–Crippen MR) is 121 cm³/mol. The number of fused-ring (bicyclic) bond motifs is 2. The number of esters is 1. The van der Waals surface area contributed by atoms with E-state index >= 15 is 0 Å². The third-order valence-electron chi connectivity index (χ3n) is 5.82. The Bertz CT molecular complexity index is 1080. The summed E-state index contributed by atoms with van der Waals surface area (Å²) < 4.78 is 5.45. The average molecular weight is 417 g/mol. The van der Waals surface area contributed by atoms with Gasteiger partial charge in [0.25, 0.3) is 5.91 Å². The molecule has 1 aromatic heterocycles. The van der Waals surface area contributed by atoms with Crippen molar-refractivity contribution in [2.75, 3.05) is 6.61 Å². The molecule has 1 aliphatic carbocycles. The number of para-hydroxylation sites is 1. The molecule has 1 N–H and O–H groups in total. The Kier molecular flexibility index (Phi) is 6.60. The minimum absolute atomic E-state index is 0.000855. The lowest BCUT2D eigenvalue weighted by Crippen LogP contribution is -2.36. The van der Waals surface area contributed by atoms with E-state index in [1.165, 1.54) is 5.56 Å². The molecule has 4 rings (SSSR count). The summed E-state index contributed by atoms with van der Waals surface area (Å²) in [5.74, 6) is -0.718. The second kappa shape index (κ2) is 9.73. The largest absolute Gasteiger partial charge is 0.452 e. The lowest BCUT2D eigenvalue weighted by molar-refractivity contribution is -0.124. The van der Waals surface area contributed by atoms with Crippen LogP contribution in [0.25, 0.3) is 10.9 Å². The number of benzene rings is 2. The molecule has 0 radical (unpaired) electrons. The van der Waals surface area contributed by atoms with Crippen LogP contribution >= 0.6 is 0 Å². The molecule has 1 amide bonds. The Morgan fingerprint density at radius 3 is 2.61 bits per heavy atom. The summed E-state index contributed by atoms with van der Waals surface area (Å²) in [6, 6.07) is 17.8. The molecular formula is C26H28N2O3. The Labute approximate surface area is 182 Å². The molecule has 1 heterocycles. The van der Waals surface area contributed by atoms with Crippen LogP contribution in [0.4, 0.5) is 0 Å². The van der Waals surface area contributed by atoms with Crippen molar-refractivity contribution in [3.05, 3.63) is 77.0 Å². The van der Waals surface area contributed by atoms with Gasteiger partial charge in [-0.2, -0.15) is 0 Å². The predicted octanol–water partition coefficient (Wildman–Crippen LogP) is 4.41. The van der Waals surface area contributed by atoms with Gasteiger partial charge in [-0.3, -0.25) is 9.78 Å². The van der Waals surface area contributed by atoms with Crippen molar-refractivity contribution in [3.8, 4) is 0 Å². The highest BCUT2D eigenvalue weighted by molar-refractivity contribution is 6.05. The number of hydrogen-bond acceptors (Lipinski definition) is 4. The van der Waals surface area contributed by atoms with Gasteiger partial charge < -0.3 is 10.1 Å². The highest BCUT2D eigenvalue weighted by Crippen LogP contribution is 2.29. The molecule has 0 aliphatic heterocycles. The molecule has 0 spiro atoms. The van der Waals surface area contributed by atoms with E-state index < -0.39 is 5.97 Å². The van der Waals surface area contributed by atoms with E-state index in [4.69, 9.17) is 9.72 Å². The number of aryl methyl sites for hydroxylation is 2. The molecule has 5 heteroatoms. The number of carbonyl (C=O) groups excluding carboxylic acids is 2. The van der Waals surface area contributed by atoms with Gasteiger partial charge in [-0.15, -0.1) is 0 Å². The van der Waals surface area contributed by atoms with Crippen LogP contribution in [0.5, 0.6) is 0 Å². The Balaban J connectivity index is 1.38. The van der Waals surface area contributed by atoms with Gasteiger partial charge in [-0.25, -0.2) is 4.79 Å². The number of aromatic nitrogens is 1. The Morgan fingerprint density at radius 1 is 1.03 bits per heavy atom. The first-order valence-electron chi connectivity index (χ1n) is 11.0. The second-order valence-corrected chi connectivity index (χ2v) is 8.21. The number of rotatable bonds is 7. The lowest BCUT2D eigenvalue weighted by atomic mass is 9.90. The van der Waals surface area contributed by atoms with Crippen LogP contribution in [0.3, 0.4) is 0 Å². The zero-order valence-electron chi connectivity index (χ0n) is 17.9. The van der Waals surface area contributed by atoms with Crippen molar-refractivity contribution in [1.29, 1.82) is 0 Å². The molecule has 160 valence electrons. The summed E-state index contributed by atoms with van der Waals surface area (Å²) in [5, 5.41) is 3.72. The van der Waals surface area contributed by atoms with Crippen molar-refractivity contribution >= 4 is 22.8 Å². The number of ether oxygens (including phenoxy) is 1. The van der Waals surface area contributed by atoms with E-state index in [1.807, 2.05) is 49.4 Å². The van der Waals surface area contributed by atoms with Gasteiger partial charge >= 0.3 is 5.97 Å². The van der Waals surface area contributed by atoms with E-state index in [0.717, 1.165) is 60.7 Å². The first-order valence-corrected chi connectivity index (χ1v) is 11.0. The monoisotopic (exact) mass is 416 g/mol. The summed E-state index contributed by atoms with van der Waals surface area (Å²) in [5.41, 5.74) is 4.58. The van der Waals surface area contributed by atoms with Crippen molar-refractivity contribution in [3.63, 3.8) is 0 Å². The normalized spacial score (nSPS) is 14.0. The molecule has 5 nitrogen and oxygen atoms in total. The van der Waals surface area contributed by atoms with Gasteiger partial charge in [0.15, 0.2) is 6.61 Å². The third kappa shape index (κ3) is 5.10. The number of nitrogens with zero attached hydrogens (tertiary/aromatic N) is 1. The molecule has 2 aromatic carbocycles. The van der Waals surface area contributed by atoms with Crippen molar-refractivity contribution in [1.82, 2.24) is 10.3 Å². The fraction of sp³-hybridized carbons (Fsp3) is 0.346. The maximum atomic E-state index is 13.0. The van der Waals surface area contributed by atoms with Crippen LogP contribution in [0.1, 0.15) is 53.4 Å². The van der Waals surface area contributed by atoms with Crippen LogP contribution in [-0.4, -0.2) is 29.5 Å². The summed E-state index contributed by atoms with van der Waals surface area (Å²) in [6.45, 7) is 1.69. The molecule has 1 aliphatic rings. The highest BCUT2D eigenvalue weighted by Gasteiger charge is 2.24. The van der Waals surface area contributed by atoms with Crippen LogP contribution in [0, 0.1) is 0 Å². The number of nitrogens with one attached hydrogen (secondary N) is 1. The van der Waals surface area contributed by atoms with Gasteiger partial charge in [0.05, 0.1) is 11.1 Å². The molecule has 1 atom stereocenters. The third-order valence-corrected chi connectivity index (χ3v) is 5.82. The number of pyridine rings is 1. The summed E-state index contributed by atoms with van der Waals surface area (Å²) in [4.78, 5) is 30.1. The van der Waals surface area contributed by atoms with Gasteiger partial charge in [0.1, 0.15) is 0 Å². The molecule has 3 aromatic rings. The smallest absolute Gasteiger partial charge is 0.339 e. The van der Waals surface area contributed by atoms with E-state index in [1.54, 1.807) is 0 Å². The van der Waals surface area contributed by atoms with Crippen molar-refractivity contribution in [2.45, 2.75) is 51.5 Å². The second-order valence-electron chi connectivity index (χ2n) is 8.21. The van der Waals surface area contributed by atoms with Gasteiger partial charge in [-0.1, -0.05) is 48.5 Å². The van der Waals surface area contributed by atoms with Gasteiger partial charge in [-0.05, 0) is 62.6 Å². The maximum absolute atomic E-state index is 13.0. The zero-order chi connectivity index (χ0) is 21.6. The molecule has 0 bridgehead atoms. The number of amides is 1. The average Bonchev–Trinajstić information content (AvgIpc) is 2.80. The quantitative estimate of drug-likeness (QED) is 0.580. The minimum Gasteiger partial charge on any atom is -0.452 e. The minimum atomic E-state index is -0.441. The van der Waals surface area contributed by atoms with Crippen LogP contribution in [-0.2, 0) is 28.8 Å². The number of carbonyl (C=O) groups is 2. The maximum Gasteiger partial charge on any atom is 0.339 e. The lowest BCUT2D eigenvalue weighted by Gasteiger charge is -2.20. The van der Waals surface area contributed by atoms with E-state index in [0.29, 0.717) is 5.56 Å². The molecule has 0 fully saturated rings. The number of hydrogen-bond donors (Lipinski definition) is 1. The first kappa shape index (κ1) is 21.0. The zero-order valence-corrected chi connectivity index (χ0v) is 17.9. The van der Waals surface area contributed by atoms with Crippen molar-refractivity contribution < 1.29 is 14.3 Å². The topological polar surface area (TPSA) is 68.3 Å². The van der Waals surface area contributed by atoms with Crippen LogP contribution in [0.15, 0.2) is 54.6 Å². The SMILES string of the molecule is C[C@@H](CCc1ccccc1)NC(=O)COC(=O)c1c2c(nc3ccccc13)CCCC2. The fourth-order valence-electron chi connectivity index (χ4n) is 4.23. The van der Waals surface area contributed by atoms with Gasteiger partial charge in [0, 0.05) is 17.1 Å². The highest BCUT2D eigenvalue weighted by atomic mass is 16.5. The molecule has 31 heavy (non-hydrogen) atoms. The van der Waals surface area contributed by atoms with E-state index in [2.05, 4.69) is 17.4 Å². The Morgan fingerprint density at radius 2 is 1.77 bits per heavy atom. The van der Waals surface area contributed by atoms with Crippen molar-refractivity contribution in [2.24, 2.45) is 0 Å². The summed E-state index contributed by atoms with van der Waals surface area (Å²) >= 11 is 0. The van der Waals surface area contributed by atoms with Gasteiger partial charge in [0.2, 0.25) is 0 Å². The fourth-order valence-corrected chi connectivity index (χ4v) is 4.23. The molecule has 0 saturated heterocycles. The van der Waals surface area contributed by atoms with E-state index in [-0.39, 0.29) is 18.6 Å². The summed E-state index contributed by atoms with van der Waals surface area (Å²) in [6.07, 6.45) is 5.52. The molecule has 0 unspecified atom stereocenters. The first-order chi connectivity index (χ1) is 15.1.